The lowest BCUT2D eigenvalue weighted by molar-refractivity contribution is -0.116. The first-order valence-corrected chi connectivity index (χ1v) is 9.11. The highest BCUT2D eigenvalue weighted by Gasteiger charge is 2.31. The highest BCUT2D eigenvalue weighted by Crippen LogP contribution is 2.34. The first-order valence-electron chi connectivity index (χ1n) is 7.67. The molecule has 0 unspecified atom stereocenters. The standard InChI is InChI=1S/C16H24N2O5S/c1-11-8-13-9-14(6-7-15(13)18(11)12(2)19)24(20,21)17(3)10-16(22-4)23-5/h6-7,9,11,16H,8,10H2,1-5H3/t11-/m0/s1. The molecule has 24 heavy (non-hydrogen) atoms. The topological polar surface area (TPSA) is 76.2 Å². The van der Waals surface area contributed by atoms with E-state index in [1.807, 2.05) is 6.92 Å². The third kappa shape index (κ3) is 3.46. The van der Waals surface area contributed by atoms with Crippen LogP contribution in [0.3, 0.4) is 0 Å². The van der Waals surface area contributed by atoms with E-state index in [-0.39, 0.29) is 23.4 Å². The highest BCUT2D eigenvalue weighted by atomic mass is 32.2. The Kier molecular flexibility index (Phi) is 5.64. The molecule has 1 aliphatic heterocycles. The smallest absolute Gasteiger partial charge is 0.243 e. The third-order valence-electron chi connectivity index (χ3n) is 4.25. The summed E-state index contributed by atoms with van der Waals surface area (Å²) in [5, 5.41) is 0. The van der Waals surface area contributed by atoms with Gasteiger partial charge in [-0.3, -0.25) is 4.79 Å². The molecule has 0 N–H and O–H groups in total. The molecule has 0 saturated carbocycles. The molecule has 0 aromatic heterocycles. The van der Waals surface area contributed by atoms with Crippen LogP contribution in [-0.4, -0.2) is 58.8 Å². The van der Waals surface area contributed by atoms with Gasteiger partial charge in [0.15, 0.2) is 6.29 Å². The van der Waals surface area contributed by atoms with Gasteiger partial charge in [0, 0.05) is 39.9 Å². The second kappa shape index (κ2) is 7.18. The van der Waals surface area contributed by atoms with Crippen molar-refractivity contribution in [3.8, 4) is 0 Å². The van der Waals surface area contributed by atoms with Crippen LogP contribution in [0.15, 0.2) is 23.1 Å². The molecule has 0 saturated heterocycles. The summed E-state index contributed by atoms with van der Waals surface area (Å²) in [5.41, 5.74) is 1.64. The van der Waals surface area contributed by atoms with Crippen molar-refractivity contribution in [2.45, 2.75) is 37.5 Å². The van der Waals surface area contributed by atoms with Crippen LogP contribution in [0.25, 0.3) is 0 Å². The summed E-state index contributed by atoms with van der Waals surface area (Å²) in [4.78, 5) is 13.7. The molecule has 134 valence electrons. The van der Waals surface area contributed by atoms with Gasteiger partial charge in [0.25, 0.3) is 0 Å². The van der Waals surface area contributed by atoms with E-state index < -0.39 is 16.3 Å². The van der Waals surface area contributed by atoms with E-state index in [0.29, 0.717) is 6.42 Å². The predicted molar refractivity (Wildman–Crippen MR) is 90.4 cm³/mol. The van der Waals surface area contributed by atoms with Gasteiger partial charge >= 0.3 is 0 Å². The number of ether oxygens (including phenoxy) is 2. The number of rotatable bonds is 6. The van der Waals surface area contributed by atoms with Crippen LogP contribution in [0, 0.1) is 0 Å². The number of methoxy groups -OCH3 is 2. The minimum Gasteiger partial charge on any atom is -0.355 e. The zero-order valence-corrected chi connectivity index (χ0v) is 15.5. The first kappa shape index (κ1) is 18.9. The average molecular weight is 356 g/mol. The summed E-state index contributed by atoms with van der Waals surface area (Å²) < 4.78 is 36.8. The van der Waals surface area contributed by atoms with Gasteiger partial charge in [0.2, 0.25) is 15.9 Å². The first-order chi connectivity index (χ1) is 11.2. The lowest BCUT2D eigenvalue weighted by atomic mass is 10.1. The number of carbonyl (C=O) groups excluding carboxylic acids is 1. The molecule has 0 fully saturated rings. The van der Waals surface area contributed by atoms with Crippen LogP contribution in [0.2, 0.25) is 0 Å². The Morgan fingerprint density at radius 3 is 2.54 bits per heavy atom. The molecule has 1 heterocycles. The monoisotopic (exact) mass is 356 g/mol. The summed E-state index contributed by atoms with van der Waals surface area (Å²) in [6.07, 6.45) is 0.00763. The number of amides is 1. The molecule has 1 aliphatic rings. The van der Waals surface area contributed by atoms with E-state index >= 15 is 0 Å². The zero-order valence-electron chi connectivity index (χ0n) is 14.6. The number of hydrogen-bond acceptors (Lipinski definition) is 5. The van der Waals surface area contributed by atoms with E-state index in [2.05, 4.69) is 0 Å². The van der Waals surface area contributed by atoms with Crippen molar-refractivity contribution >= 4 is 21.6 Å². The Hall–Kier alpha value is -1.48. The second-order valence-electron chi connectivity index (χ2n) is 5.92. The lowest BCUT2D eigenvalue weighted by Crippen LogP contribution is -2.36. The number of carbonyl (C=O) groups is 1. The van der Waals surface area contributed by atoms with Crippen LogP contribution in [-0.2, 0) is 30.7 Å². The van der Waals surface area contributed by atoms with Gasteiger partial charge in [-0.05, 0) is 37.1 Å². The molecule has 1 atom stereocenters. The minimum atomic E-state index is -3.66. The van der Waals surface area contributed by atoms with E-state index in [4.69, 9.17) is 9.47 Å². The molecule has 0 aliphatic carbocycles. The molecule has 8 heteroatoms. The summed E-state index contributed by atoms with van der Waals surface area (Å²) in [6.45, 7) is 3.55. The van der Waals surface area contributed by atoms with Crippen molar-refractivity contribution in [2.24, 2.45) is 0 Å². The van der Waals surface area contributed by atoms with Gasteiger partial charge < -0.3 is 14.4 Å². The van der Waals surface area contributed by atoms with E-state index in [9.17, 15) is 13.2 Å². The lowest BCUT2D eigenvalue weighted by Gasteiger charge is -2.22. The largest absolute Gasteiger partial charge is 0.355 e. The Balaban J connectivity index is 2.31. The van der Waals surface area contributed by atoms with Gasteiger partial charge in [-0.1, -0.05) is 0 Å². The summed E-state index contributed by atoms with van der Waals surface area (Å²) >= 11 is 0. The average Bonchev–Trinajstić information content (AvgIpc) is 2.86. The number of likely N-dealkylation sites (N-methyl/N-ethyl adjacent to an activating group) is 1. The molecule has 7 nitrogen and oxygen atoms in total. The highest BCUT2D eigenvalue weighted by molar-refractivity contribution is 7.89. The number of benzene rings is 1. The Morgan fingerprint density at radius 2 is 2.00 bits per heavy atom. The second-order valence-corrected chi connectivity index (χ2v) is 7.96. The summed E-state index contributed by atoms with van der Waals surface area (Å²) in [7, 11) is 0.743. The van der Waals surface area contributed by atoms with Crippen LogP contribution in [0.1, 0.15) is 19.4 Å². The van der Waals surface area contributed by atoms with Crippen molar-refractivity contribution in [3.05, 3.63) is 23.8 Å². The predicted octanol–water partition coefficient (Wildman–Crippen LogP) is 1.22. The number of nitrogens with zero attached hydrogens (tertiary/aromatic N) is 2. The number of anilines is 1. The van der Waals surface area contributed by atoms with Crippen LogP contribution in [0.5, 0.6) is 0 Å². The molecule has 2 rings (SSSR count). The van der Waals surface area contributed by atoms with Crippen molar-refractivity contribution in [1.29, 1.82) is 0 Å². The fourth-order valence-electron chi connectivity index (χ4n) is 2.98. The molecule has 1 aromatic carbocycles. The van der Waals surface area contributed by atoms with Crippen LogP contribution >= 0.6 is 0 Å². The zero-order chi connectivity index (χ0) is 18.1. The maximum atomic E-state index is 12.7. The normalized spacial score (nSPS) is 17.6. The summed E-state index contributed by atoms with van der Waals surface area (Å²) in [6, 6.07) is 4.91. The molecule has 1 amide bonds. The molecule has 0 radical (unpaired) electrons. The van der Waals surface area contributed by atoms with Gasteiger partial charge in [0.05, 0.1) is 11.4 Å². The Morgan fingerprint density at radius 1 is 1.38 bits per heavy atom. The van der Waals surface area contributed by atoms with Gasteiger partial charge in [0.1, 0.15) is 0 Å². The fourth-order valence-corrected chi connectivity index (χ4v) is 4.19. The molecular weight excluding hydrogens is 332 g/mol. The molecule has 0 spiro atoms. The summed E-state index contributed by atoms with van der Waals surface area (Å²) in [5.74, 6) is -0.0444. The van der Waals surface area contributed by atoms with Crippen molar-refractivity contribution < 1.29 is 22.7 Å². The Bertz CT molecular complexity index is 715. The maximum Gasteiger partial charge on any atom is 0.243 e. The number of sulfonamides is 1. The van der Waals surface area contributed by atoms with Crippen molar-refractivity contribution in [2.75, 3.05) is 32.7 Å². The van der Waals surface area contributed by atoms with E-state index in [0.717, 1.165) is 11.3 Å². The van der Waals surface area contributed by atoms with Crippen molar-refractivity contribution in [3.63, 3.8) is 0 Å². The van der Waals surface area contributed by atoms with Gasteiger partial charge in [-0.2, -0.15) is 4.31 Å². The van der Waals surface area contributed by atoms with E-state index in [1.54, 1.807) is 17.0 Å². The molecule has 1 aromatic rings. The fraction of sp³-hybridized carbons (Fsp3) is 0.562. The van der Waals surface area contributed by atoms with Crippen LogP contribution in [0.4, 0.5) is 5.69 Å². The molecule has 0 bridgehead atoms. The van der Waals surface area contributed by atoms with Crippen molar-refractivity contribution in [1.82, 2.24) is 4.31 Å². The molecular formula is C16H24N2O5S. The number of fused-ring (bicyclic) bond motifs is 1. The van der Waals surface area contributed by atoms with Gasteiger partial charge in [-0.25, -0.2) is 8.42 Å². The third-order valence-corrected chi connectivity index (χ3v) is 6.07. The van der Waals surface area contributed by atoms with E-state index in [1.165, 1.54) is 38.6 Å². The van der Waals surface area contributed by atoms with Gasteiger partial charge in [-0.15, -0.1) is 0 Å². The SMILES string of the molecule is COC(CN(C)S(=O)(=O)c1ccc2c(c1)C[C@H](C)N2C(C)=O)OC. The maximum absolute atomic E-state index is 12.7. The minimum absolute atomic E-state index is 0.0274. The van der Waals surface area contributed by atoms with Crippen LogP contribution < -0.4 is 4.90 Å². The number of hydrogen-bond donors (Lipinski definition) is 0. The quantitative estimate of drug-likeness (QED) is 0.717. The Labute approximate surface area is 143 Å².